The molecule has 0 saturated carbocycles. The minimum Gasteiger partial charge on any atom is -0.359 e. The number of hydrogen-bond acceptors (Lipinski definition) is 6. The van der Waals surface area contributed by atoms with E-state index in [2.05, 4.69) is 15.2 Å². The molecule has 0 saturated heterocycles. The van der Waals surface area contributed by atoms with Crippen molar-refractivity contribution in [3.63, 3.8) is 0 Å². The molecular formula is C29H38N4O5S. The van der Waals surface area contributed by atoms with Crippen molar-refractivity contribution in [1.82, 2.24) is 15.4 Å². The van der Waals surface area contributed by atoms with Crippen molar-refractivity contribution in [2.45, 2.75) is 71.9 Å². The van der Waals surface area contributed by atoms with E-state index < -0.39 is 21.5 Å². The SMILES string of the molecule is CCCC(=O)N(Cc1ccc(-c2ccccc2S(=O)(=O)Nc2noc(C)c2C)cc1)[C@H](C(=O)NC)C(C)(C)C. The van der Waals surface area contributed by atoms with Gasteiger partial charge in [0.2, 0.25) is 11.8 Å². The van der Waals surface area contributed by atoms with E-state index in [4.69, 9.17) is 4.52 Å². The van der Waals surface area contributed by atoms with Crippen molar-refractivity contribution in [2.75, 3.05) is 11.8 Å². The Bertz CT molecular complexity index is 1420. The Morgan fingerprint density at radius 3 is 2.23 bits per heavy atom. The molecule has 0 aliphatic heterocycles. The van der Waals surface area contributed by atoms with Gasteiger partial charge in [-0.05, 0) is 42.9 Å². The maximum atomic E-state index is 13.3. The summed E-state index contributed by atoms with van der Waals surface area (Å²) in [4.78, 5) is 27.7. The minimum atomic E-state index is -3.96. The summed E-state index contributed by atoms with van der Waals surface area (Å²) < 4.78 is 34.2. The molecule has 0 bridgehead atoms. The average Bonchev–Trinajstić information content (AvgIpc) is 3.19. The third-order valence-electron chi connectivity index (χ3n) is 6.59. The van der Waals surface area contributed by atoms with Crippen molar-refractivity contribution in [1.29, 1.82) is 0 Å². The van der Waals surface area contributed by atoms with Gasteiger partial charge in [-0.2, -0.15) is 0 Å². The van der Waals surface area contributed by atoms with Crippen molar-refractivity contribution in [3.05, 3.63) is 65.4 Å². The van der Waals surface area contributed by atoms with Gasteiger partial charge in [0.1, 0.15) is 11.8 Å². The second kappa shape index (κ2) is 12.0. The average molecular weight is 555 g/mol. The number of amides is 2. The van der Waals surface area contributed by atoms with Crippen LogP contribution >= 0.6 is 0 Å². The fourth-order valence-electron chi connectivity index (χ4n) is 4.44. The van der Waals surface area contributed by atoms with Crippen LogP contribution in [0.4, 0.5) is 5.82 Å². The van der Waals surface area contributed by atoms with Crippen molar-refractivity contribution in [2.24, 2.45) is 5.41 Å². The second-order valence-corrected chi connectivity index (χ2v) is 12.3. The second-order valence-electron chi connectivity index (χ2n) is 10.7. The Kier molecular flexibility index (Phi) is 9.22. The Hall–Kier alpha value is -3.66. The zero-order chi connectivity index (χ0) is 29.0. The van der Waals surface area contributed by atoms with Gasteiger partial charge >= 0.3 is 0 Å². The summed E-state index contributed by atoms with van der Waals surface area (Å²) in [5, 5.41) is 6.52. The molecule has 3 rings (SSSR count). The molecule has 3 aromatic rings. The highest BCUT2D eigenvalue weighted by Crippen LogP contribution is 2.31. The van der Waals surface area contributed by atoms with Crippen LogP contribution in [0.15, 0.2) is 57.9 Å². The topological polar surface area (TPSA) is 122 Å². The molecule has 0 unspecified atom stereocenters. The molecular weight excluding hydrogens is 516 g/mol. The molecule has 1 heterocycles. The molecule has 1 aromatic heterocycles. The molecule has 0 spiro atoms. The van der Waals surface area contributed by atoms with Crippen molar-refractivity contribution in [3.8, 4) is 11.1 Å². The maximum Gasteiger partial charge on any atom is 0.263 e. The highest BCUT2D eigenvalue weighted by atomic mass is 32.2. The first-order valence-corrected chi connectivity index (χ1v) is 14.4. The molecule has 0 fully saturated rings. The largest absolute Gasteiger partial charge is 0.359 e. The number of aromatic nitrogens is 1. The standard InChI is InChI=1S/C29H38N4O5S/c1-8-11-25(34)33(26(28(35)30-7)29(4,5)6)18-21-14-16-22(17-15-21)23-12-9-10-13-24(23)39(36,37)32-27-19(2)20(3)38-31-27/h9-10,12-17,26H,8,11,18H2,1-7H3,(H,30,35)(H,31,32)/t26-/m1/s1. The molecule has 9 nitrogen and oxygen atoms in total. The lowest BCUT2D eigenvalue weighted by Gasteiger charge is -2.39. The lowest BCUT2D eigenvalue weighted by molar-refractivity contribution is -0.145. The monoisotopic (exact) mass is 554 g/mol. The fourth-order valence-corrected chi connectivity index (χ4v) is 5.73. The Morgan fingerprint density at radius 2 is 1.69 bits per heavy atom. The van der Waals surface area contributed by atoms with Gasteiger partial charge in [0.15, 0.2) is 5.82 Å². The number of rotatable bonds is 10. The summed E-state index contributed by atoms with van der Waals surface area (Å²) in [7, 11) is -2.38. The zero-order valence-corrected chi connectivity index (χ0v) is 24.5. The van der Waals surface area contributed by atoms with Crippen molar-refractivity contribution >= 4 is 27.7 Å². The van der Waals surface area contributed by atoms with Crippen LogP contribution in [-0.4, -0.2) is 43.4 Å². The van der Waals surface area contributed by atoms with E-state index in [1.165, 1.54) is 6.07 Å². The number of sulfonamides is 1. The van der Waals surface area contributed by atoms with Crippen LogP contribution in [0.3, 0.4) is 0 Å². The lowest BCUT2D eigenvalue weighted by atomic mass is 9.84. The van der Waals surface area contributed by atoms with E-state index in [1.54, 1.807) is 44.0 Å². The molecule has 210 valence electrons. The number of benzene rings is 2. The molecule has 2 aromatic carbocycles. The predicted octanol–water partition coefficient (Wildman–Crippen LogP) is 5.05. The highest BCUT2D eigenvalue weighted by molar-refractivity contribution is 7.92. The highest BCUT2D eigenvalue weighted by Gasteiger charge is 2.38. The van der Waals surface area contributed by atoms with E-state index in [-0.39, 0.29) is 29.1 Å². The minimum absolute atomic E-state index is 0.0917. The van der Waals surface area contributed by atoms with Crippen LogP contribution in [0.25, 0.3) is 11.1 Å². The first-order valence-electron chi connectivity index (χ1n) is 12.9. The fraction of sp³-hybridized carbons (Fsp3) is 0.414. The van der Waals surface area contributed by atoms with Gasteiger partial charge < -0.3 is 14.7 Å². The van der Waals surface area contributed by atoms with Gasteiger partial charge in [0.05, 0.1) is 4.90 Å². The molecule has 10 heteroatoms. The number of carbonyl (C=O) groups excluding carboxylic acids is 2. The third kappa shape index (κ3) is 6.86. The third-order valence-corrected chi connectivity index (χ3v) is 7.99. The van der Waals surface area contributed by atoms with E-state index in [1.807, 2.05) is 52.0 Å². The van der Waals surface area contributed by atoms with Crippen LogP contribution in [0, 0.1) is 19.3 Å². The Balaban J connectivity index is 1.94. The predicted molar refractivity (Wildman–Crippen MR) is 151 cm³/mol. The summed E-state index contributed by atoms with van der Waals surface area (Å²) in [6, 6.07) is 13.4. The van der Waals surface area contributed by atoms with E-state index in [0.29, 0.717) is 35.3 Å². The normalized spacial score (nSPS) is 12.6. The zero-order valence-electron chi connectivity index (χ0n) is 23.7. The van der Waals surface area contributed by atoms with Gasteiger partial charge in [-0.25, -0.2) is 8.42 Å². The van der Waals surface area contributed by atoms with Crippen LogP contribution in [-0.2, 0) is 26.2 Å². The lowest BCUT2D eigenvalue weighted by Crippen LogP contribution is -2.54. The van der Waals surface area contributed by atoms with Crippen LogP contribution in [0.2, 0.25) is 0 Å². The summed E-state index contributed by atoms with van der Waals surface area (Å²) in [5.41, 5.74) is 2.18. The quantitative estimate of drug-likeness (QED) is 0.362. The number of carbonyl (C=O) groups is 2. The smallest absolute Gasteiger partial charge is 0.263 e. The molecule has 0 radical (unpaired) electrons. The number of hydrogen-bond donors (Lipinski definition) is 2. The molecule has 0 aliphatic carbocycles. The van der Waals surface area contributed by atoms with E-state index >= 15 is 0 Å². The number of likely N-dealkylation sites (N-methyl/N-ethyl adjacent to an activating group) is 1. The molecule has 2 N–H and O–H groups in total. The molecule has 39 heavy (non-hydrogen) atoms. The molecule has 2 amide bonds. The summed E-state index contributed by atoms with van der Waals surface area (Å²) in [5.74, 6) is 0.380. The number of anilines is 1. The van der Waals surface area contributed by atoms with Gasteiger partial charge in [-0.1, -0.05) is 75.3 Å². The summed E-state index contributed by atoms with van der Waals surface area (Å²) in [6.45, 7) is 11.5. The number of aryl methyl sites for hydroxylation is 1. The summed E-state index contributed by atoms with van der Waals surface area (Å²) in [6.07, 6.45) is 1.01. The number of nitrogens with zero attached hydrogens (tertiary/aromatic N) is 2. The summed E-state index contributed by atoms with van der Waals surface area (Å²) >= 11 is 0. The van der Waals surface area contributed by atoms with Crippen molar-refractivity contribution < 1.29 is 22.5 Å². The van der Waals surface area contributed by atoms with Crippen LogP contribution in [0.5, 0.6) is 0 Å². The van der Waals surface area contributed by atoms with E-state index in [0.717, 1.165) is 5.56 Å². The first-order chi connectivity index (χ1) is 18.3. The number of nitrogens with one attached hydrogen (secondary N) is 2. The molecule has 1 atom stereocenters. The first kappa shape index (κ1) is 29.9. The maximum absolute atomic E-state index is 13.3. The van der Waals surface area contributed by atoms with Crippen LogP contribution < -0.4 is 10.0 Å². The van der Waals surface area contributed by atoms with Gasteiger partial charge in [0.25, 0.3) is 10.0 Å². The van der Waals surface area contributed by atoms with Gasteiger partial charge in [-0.3, -0.25) is 14.3 Å². The Labute approximate surface area is 231 Å². The van der Waals surface area contributed by atoms with Crippen LogP contribution in [0.1, 0.15) is 57.4 Å². The van der Waals surface area contributed by atoms with Gasteiger partial charge in [-0.15, -0.1) is 0 Å². The molecule has 0 aliphatic rings. The van der Waals surface area contributed by atoms with Gasteiger partial charge in [0, 0.05) is 31.1 Å². The Morgan fingerprint density at radius 1 is 1.05 bits per heavy atom. The van der Waals surface area contributed by atoms with E-state index in [9.17, 15) is 18.0 Å².